The van der Waals surface area contributed by atoms with Gasteiger partial charge in [-0.05, 0) is 19.3 Å². The van der Waals surface area contributed by atoms with E-state index >= 15 is 0 Å². The second-order valence-electron chi connectivity index (χ2n) is 2.86. The Labute approximate surface area is 69.6 Å². The van der Waals surface area contributed by atoms with Gasteiger partial charge in [-0.2, -0.15) is 4.98 Å². The van der Waals surface area contributed by atoms with Crippen LogP contribution in [0, 0.1) is 0 Å². The number of nitrogens with zero attached hydrogens (tertiary/aromatic N) is 1. The third-order valence-corrected chi connectivity index (χ3v) is 2.13. The molecule has 0 spiro atoms. The van der Waals surface area contributed by atoms with Crippen molar-refractivity contribution in [3.63, 3.8) is 0 Å². The predicted molar refractivity (Wildman–Crippen MR) is 43.4 cm³/mol. The highest BCUT2D eigenvalue weighted by molar-refractivity contribution is 5.33. The Morgan fingerprint density at radius 1 is 1.50 bits per heavy atom. The fraction of sp³-hybridized carbons (Fsp3) is 0.500. The summed E-state index contributed by atoms with van der Waals surface area (Å²) in [4.78, 5) is 17.4. The van der Waals surface area contributed by atoms with Crippen LogP contribution in [0.1, 0.15) is 17.7 Å². The summed E-state index contributed by atoms with van der Waals surface area (Å²) >= 11 is 0. The van der Waals surface area contributed by atoms with Crippen LogP contribution in [0.5, 0.6) is 5.88 Å². The molecule has 1 N–H and O–H groups in total. The Balaban J connectivity index is 2.62. The van der Waals surface area contributed by atoms with Gasteiger partial charge in [-0.15, -0.1) is 0 Å². The number of aromatic nitrogens is 2. The summed E-state index contributed by atoms with van der Waals surface area (Å²) in [5.74, 6) is 0.492. The number of hydrogen-bond acceptors (Lipinski definition) is 3. The first kappa shape index (κ1) is 7.34. The third kappa shape index (κ3) is 0.995. The maximum atomic E-state index is 11.0. The molecular formula is C8H10N2O2. The molecule has 1 aliphatic rings. The van der Waals surface area contributed by atoms with E-state index in [-0.39, 0.29) is 5.69 Å². The SMILES string of the molecule is COc1nc(=O)[nH]c2c1CCC2. The molecule has 0 radical (unpaired) electrons. The predicted octanol–water partition coefficient (Wildman–Crippen LogP) is 0.267. The van der Waals surface area contributed by atoms with E-state index in [1.54, 1.807) is 7.11 Å². The molecule has 0 aliphatic heterocycles. The maximum absolute atomic E-state index is 11.0. The van der Waals surface area contributed by atoms with E-state index in [1.165, 1.54) is 0 Å². The van der Waals surface area contributed by atoms with E-state index in [9.17, 15) is 4.79 Å². The van der Waals surface area contributed by atoms with Crippen molar-refractivity contribution in [2.75, 3.05) is 7.11 Å². The van der Waals surface area contributed by atoms with Gasteiger partial charge >= 0.3 is 5.69 Å². The molecule has 0 fully saturated rings. The normalized spacial score (nSPS) is 14.4. The van der Waals surface area contributed by atoms with E-state index < -0.39 is 0 Å². The molecule has 0 saturated carbocycles. The highest BCUT2D eigenvalue weighted by Gasteiger charge is 2.17. The minimum Gasteiger partial charge on any atom is -0.481 e. The zero-order chi connectivity index (χ0) is 8.55. The first-order valence-corrected chi connectivity index (χ1v) is 3.97. The van der Waals surface area contributed by atoms with E-state index in [2.05, 4.69) is 9.97 Å². The van der Waals surface area contributed by atoms with E-state index in [0.717, 1.165) is 30.5 Å². The van der Waals surface area contributed by atoms with E-state index in [1.807, 2.05) is 0 Å². The van der Waals surface area contributed by atoms with Gasteiger partial charge in [0.05, 0.1) is 7.11 Å². The molecular weight excluding hydrogens is 156 g/mol. The van der Waals surface area contributed by atoms with Crippen molar-refractivity contribution in [3.05, 3.63) is 21.7 Å². The lowest BCUT2D eigenvalue weighted by Crippen LogP contribution is -2.14. The second kappa shape index (κ2) is 2.62. The molecule has 12 heavy (non-hydrogen) atoms. The fourth-order valence-electron chi connectivity index (χ4n) is 1.60. The van der Waals surface area contributed by atoms with Crippen molar-refractivity contribution in [2.45, 2.75) is 19.3 Å². The van der Waals surface area contributed by atoms with Crippen molar-refractivity contribution in [2.24, 2.45) is 0 Å². The quantitative estimate of drug-likeness (QED) is 0.651. The lowest BCUT2D eigenvalue weighted by Gasteiger charge is -2.03. The Kier molecular flexibility index (Phi) is 1.60. The van der Waals surface area contributed by atoms with Crippen LogP contribution >= 0.6 is 0 Å². The molecule has 1 aliphatic carbocycles. The van der Waals surface area contributed by atoms with Crippen LogP contribution in [-0.4, -0.2) is 17.1 Å². The van der Waals surface area contributed by atoms with Crippen molar-refractivity contribution < 1.29 is 4.74 Å². The molecule has 1 aromatic heterocycles. The molecule has 64 valence electrons. The van der Waals surface area contributed by atoms with E-state index in [0.29, 0.717) is 5.88 Å². The van der Waals surface area contributed by atoms with Gasteiger partial charge in [-0.25, -0.2) is 4.79 Å². The van der Waals surface area contributed by atoms with Gasteiger partial charge in [0.2, 0.25) is 5.88 Å². The number of ether oxygens (including phenoxy) is 1. The largest absolute Gasteiger partial charge is 0.481 e. The van der Waals surface area contributed by atoms with Crippen molar-refractivity contribution >= 4 is 0 Å². The molecule has 0 aromatic carbocycles. The second-order valence-corrected chi connectivity index (χ2v) is 2.86. The molecule has 4 heteroatoms. The summed E-state index contributed by atoms with van der Waals surface area (Å²) in [6.07, 6.45) is 2.97. The summed E-state index contributed by atoms with van der Waals surface area (Å²) in [7, 11) is 1.54. The summed E-state index contributed by atoms with van der Waals surface area (Å²) in [5, 5.41) is 0. The minimum absolute atomic E-state index is 0.312. The van der Waals surface area contributed by atoms with Crippen LogP contribution in [0.2, 0.25) is 0 Å². The molecule has 2 rings (SSSR count). The van der Waals surface area contributed by atoms with Crippen LogP contribution in [0.4, 0.5) is 0 Å². The van der Waals surface area contributed by atoms with Gasteiger partial charge in [0, 0.05) is 11.3 Å². The Bertz CT molecular complexity index is 357. The summed E-state index contributed by atoms with van der Waals surface area (Å²) < 4.78 is 5.01. The van der Waals surface area contributed by atoms with Crippen LogP contribution in [0.3, 0.4) is 0 Å². The average Bonchev–Trinajstić information content (AvgIpc) is 2.50. The Morgan fingerprint density at radius 2 is 2.33 bits per heavy atom. The molecule has 0 unspecified atom stereocenters. The highest BCUT2D eigenvalue weighted by Crippen LogP contribution is 2.24. The van der Waals surface area contributed by atoms with Crippen molar-refractivity contribution in [1.82, 2.24) is 9.97 Å². The van der Waals surface area contributed by atoms with Gasteiger partial charge in [0.1, 0.15) is 0 Å². The Hall–Kier alpha value is -1.32. The number of fused-ring (bicyclic) bond motifs is 1. The number of aryl methyl sites for hydroxylation is 1. The molecule has 1 aromatic rings. The van der Waals surface area contributed by atoms with Crippen molar-refractivity contribution in [3.8, 4) is 5.88 Å². The molecule has 0 amide bonds. The topological polar surface area (TPSA) is 55.0 Å². The molecule has 0 bridgehead atoms. The summed E-state index contributed by atoms with van der Waals surface area (Å²) in [6, 6.07) is 0. The van der Waals surface area contributed by atoms with Crippen LogP contribution < -0.4 is 10.4 Å². The first-order valence-electron chi connectivity index (χ1n) is 3.97. The van der Waals surface area contributed by atoms with Crippen LogP contribution in [-0.2, 0) is 12.8 Å². The average molecular weight is 166 g/mol. The van der Waals surface area contributed by atoms with Crippen LogP contribution in [0.25, 0.3) is 0 Å². The number of rotatable bonds is 1. The smallest absolute Gasteiger partial charge is 0.348 e. The molecule has 4 nitrogen and oxygen atoms in total. The van der Waals surface area contributed by atoms with Crippen LogP contribution in [0.15, 0.2) is 4.79 Å². The molecule has 0 saturated heterocycles. The maximum Gasteiger partial charge on any atom is 0.348 e. The van der Waals surface area contributed by atoms with Gasteiger partial charge in [0.15, 0.2) is 0 Å². The number of aromatic amines is 1. The number of H-pyrrole nitrogens is 1. The number of hydrogen-bond donors (Lipinski definition) is 1. The van der Waals surface area contributed by atoms with E-state index in [4.69, 9.17) is 4.74 Å². The first-order chi connectivity index (χ1) is 5.81. The zero-order valence-corrected chi connectivity index (χ0v) is 6.89. The van der Waals surface area contributed by atoms with Gasteiger partial charge in [-0.1, -0.05) is 0 Å². The van der Waals surface area contributed by atoms with Gasteiger partial charge in [0.25, 0.3) is 0 Å². The molecule has 1 heterocycles. The van der Waals surface area contributed by atoms with Gasteiger partial charge < -0.3 is 9.72 Å². The number of nitrogens with one attached hydrogen (secondary N) is 1. The fourth-order valence-corrected chi connectivity index (χ4v) is 1.60. The Morgan fingerprint density at radius 3 is 3.08 bits per heavy atom. The zero-order valence-electron chi connectivity index (χ0n) is 6.89. The number of methoxy groups -OCH3 is 1. The van der Waals surface area contributed by atoms with Gasteiger partial charge in [-0.3, -0.25) is 0 Å². The third-order valence-electron chi connectivity index (χ3n) is 2.13. The van der Waals surface area contributed by atoms with Crippen molar-refractivity contribution in [1.29, 1.82) is 0 Å². The monoisotopic (exact) mass is 166 g/mol. The standard InChI is InChI=1S/C8H10N2O2/c1-12-7-5-3-2-4-6(5)9-8(11)10-7/h2-4H2,1H3,(H,9,10,11). The minimum atomic E-state index is -0.312. The summed E-state index contributed by atoms with van der Waals surface area (Å²) in [5.41, 5.74) is 1.75. The lowest BCUT2D eigenvalue weighted by atomic mass is 10.2. The highest BCUT2D eigenvalue weighted by atomic mass is 16.5. The lowest BCUT2D eigenvalue weighted by molar-refractivity contribution is 0.390. The molecule has 0 atom stereocenters. The summed E-state index contributed by atoms with van der Waals surface area (Å²) in [6.45, 7) is 0.